The lowest BCUT2D eigenvalue weighted by molar-refractivity contribution is -0.142. The molecule has 1 heterocycles. The van der Waals surface area contributed by atoms with Crippen molar-refractivity contribution < 1.29 is 23.0 Å². The normalized spacial score (nSPS) is 10.9. The summed E-state index contributed by atoms with van der Waals surface area (Å²) < 4.78 is 37.0. The molecule has 3 rings (SSSR count). The summed E-state index contributed by atoms with van der Waals surface area (Å²) in [5.74, 6) is -2.39. The van der Waals surface area contributed by atoms with Crippen LogP contribution in [0, 0.1) is 11.6 Å². The highest BCUT2D eigenvalue weighted by Gasteiger charge is 2.09. The minimum Gasteiger partial charge on any atom is -0.486 e. The summed E-state index contributed by atoms with van der Waals surface area (Å²) in [7, 11) is 0. The number of aromatic nitrogens is 1. The van der Waals surface area contributed by atoms with Gasteiger partial charge in [0.15, 0.2) is 11.6 Å². The van der Waals surface area contributed by atoms with E-state index in [1.54, 1.807) is 30.7 Å². The molecule has 2 aromatic carbocycles. The molecule has 156 valence electrons. The molecular weight excluding hydrogens is 412 g/mol. The van der Waals surface area contributed by atoms with E-state index < -0.39 is 11.6 Å². The first kappa shape index (κ1) is 21.4. The summed E-state index contributed by atoms with van der Waals surface area (Å²) in [6, 6.07) is 11.1. The molecule has 0 fully saturated rings. The molecule has 0 bridgehead atoms. The van der Waals surface area contributed by atoms with Crippen molar-refractivity contribution in [2.45, 2.75) is 20.0 Å². The second-order valence-electron chi connectivity index (χ2n) is 6.08. The highest BCUT2D eigenvalue weighted by atomic mass is 32.1. The van der Waals surface area contributed by atoms with Crippen molar-refractivity contribution in [3.63, 3.8) is 0 Å². The molecule has 0 radical (unpaired) electrons. The second-order valence-corrected chi connectivity index (χ2v) is 6.94. The van der Waals surface area contributed by atoms with Gasteiger partial charge in [0.2, 0.25) is 10.9 Å². The van der Waals surface area contributed by atoms with Crippen LogP contribution in [0.5, 0.6) is 5.75 Å². The van der Waals surface area contributed by atoms with Gasteiger partial charge in [-0.15, -0.1) is 11.3 Å². The number of thiazole rings is 1. The molecule has 1 aromatic heterocycles. The number of hydrogen-bond donors (Lipinski definition) is 1. The Hall–Kier alpha value is -3.33. The van der Waals surface area contributed by atoms with Gasteiger partial charge in [-0.2, -0.15) is 9.49 Å². The summed E-state index contributed by atoms with van der Waals surface area (Å²) in [5.41, 5.74) is 5.06. The quantitative estimate of drug-likeness (QED) is 0.306. The summed E-state index contributed by atoms with van der Waals surface area (Å²) in [6.07, 6.45) is 1.74. The van der Waals surface area contributed by atoms with Crippen LogP contribution in [0.1, 0.15) is 23.7 Å². The van der Waals surface area contributed by atoms with Crippen LogP contribution >= 0.6 is 11.3 Å². The molecule has 1 N–H and O–H groups in total. The average Bonchev–Trinajstić information content (AvgIpc) is 3.17. The Morgan fingerprint density at radius 2 is 2.03 bits per heavy atom. The van der Waals surface area contributed by atoms with Crippen LogP contribution in [-0.4, -0.2) is 23.8 Å². The van der Waals surface area contributed by atoms with Gasteiger partial charge in [0, 0.05) is 5.38 Å². The lowest BCUT2D eigenvalue weighted by atomic mass is 10.1. The second kappa shape index (κ2) is 10.4. The maximum atomic E-state index is 13.6. The Morgan fingerprint density at radius 1 is 1.23 bits per heavy atom. The SMILES string of the molecule is CCOC(=O)Cc1csc(NN=Cc2ccc(COc3cccc(F)c3F)cc2)n1. The number of benzene rings is 2. The molecule has 3 aromatic rings. The molecule has 0 saturated carbocycles. The predicted molar refractivity (Wildman–Crippen MR) is 111 cm³/mol. The maximum absolute atomic E-state index is 13.6. The number of hydrazone groups is 1. The number of nitrogens with one attached hydrogen (secondary N) is 1. The van der Waals surface area contributed by atoms with Crippen molar-refractivity contribution in [3.05, 3.63) is 76.3 Å². The molecule has 0 amide bonds. The van der Waals surface area contributed by atoms with E-state index >= 15 is 0 Å². The summed E-state index contributed by atoms with van der Waals surface area (Å²) in [6.45, 7) is 2.20. The number of carbonyl (C=O) groups excluding carboxylic acids is 1. The van der Waals surface area contributed by atoms with E-state index in [4.69, 9.17) is 9.47 Å². The third kappa shape index (κ3) is 6.08. The van der Waals surface area contributed by atoms with Crippen molar-refractivity contribution in [1.82, 2.24) is 4.98 Å². The number of ether oxygens (including phenoxy) is 2. The van der Waals surface area contributed by atoms with E-state index in [0.29, 0.717) is 17.4 Å². The fourth-order valence-corrected chi connectivity index (χ4v) is 3.08. The van der Waals surface area contributed by atoms with Crippen molar-refractivity contribution in [2.24, 2.45) is 5.10 Å². The first-order valence-corrected chi connectivity index (χ1v) is 9.98. The molecule has 0 atom stereocenters. The van der Waals surface area contributed by atoms with Crippen LogP contribution in [0.25, 0.3) is 0 Å². The van der Waals surface area contributed by atoms with Gasteiger partial charge in [0.1, 0.15) is 6.61 Å². The van der Waals surface area contributed by atoms with Gasteiger partial charge in [0.25, 0.3) is 0 Å². The topological polar surface area (TPSA) is 72.8 Å². The monoisotopic (exact) mass is 431 g/mol. The van der Waals surface area contributed by atoms with Crippen molar-refractivity contribution in [2.75, 3.05) is 12.0 Å². The molecule has 30 heavy (non-hydrogen) atoms. The van der Waals surface area contributed by atoms with Gasteiger partial charge in [-0.3, -0.25) is 10.2 Å². The van der Waals surface area contributed by atoms with Crippen LogP contribution in [0.15, 0.2) is 52.9 Å². The zero-order chi connectivity index (χ0) is 21.3. The Kier molecular flexibility index (Phi) is 7.45. The van der Waals surface area contributed by atoms with Gasteiger partial charge in [-0.05, 0) is 30.2 Å². The van der Waals surface area contributed by atoms with Crippen LogP contribution in [0.3, 0.4) is 0 Å². The predicted octanol–water partition coefficient (Wildman–Crippen LogP) is 4.55. The maximum Gasteiger partial charge on any atom is 0.311 e. The molecular formula is C21H19F2N3O3S. The highest BCUT2D eigenvalue weighted by Crippen LogP contribution is 2.20. The molecule has 9 heteroatoms. The molecule has 0 unspecified atom stereocenters. The van der Waals surface area contributed by atoms with Crippen molar-refractivity contribution in [3.8, 4) is 5.75 Å². The van der Waals surface area contributed by atoms with Gasteiger partial charge in [-0.25, -0.2) is 9.37 Å². The summed E-state index contributed by atoms with van der Waals surface area (Å²) in [5, 5.41) is 6.45. The molecule has 0 aliphatic carbocycles. The molecule has 0 aliphatic rings. The third-order valence-corrected chi connectivity index (χ3v) is 4.64. The zero-order valence-electron chi connectivity index (χ0n) is 16.1. The van der Waals surface area contributed by atoms with Crippen LogP contribution in [-0.2, 0) is 22.6 Å². The van der Waals surface area contributed by atoms with Gasteiger partial charge in [-0.1, -0.05) is 30.3 Å². The first-order valence-electron chi connectivity index (χ1n) is 9.10. The van der Waals surface area contributed by atoms with Gasteiger partial charge < -0.3 is 9.47 Å². The van der Waals surface area contributed by atoms with Crippen LogP contribution < -0.4 is 10.2 Å². The highest BCUT2D eigenvalue weighted by molar-refractivity contribution is 7.13. The number of carbonyl (C=O) groups is 1. The first-order chi connectivity index (χ1) is 14.5. The molecule has 0 spiro atoms. The molecule has 6 nitrogen and oxygen atoms in total. The Morgan fingerprint density at radius 3 is 2.80 bits per heavy atom. The van der Waals surface area contributed by atoms with Gasteiger partial charge in [0.05, 0.1) is 24.9 Å². The van der Waals surface area contributed by atoms with Crippen LogP contribution in [0.2, 0.25) is 0 Å². The van der Waals surface area contributed by atoms with E-state index in [-0.39, 0.29) is 24.7 Å². The fourth-order valence-electron chi connectivity index (χ4n) is 2.42. The van der Waals surface area contributed by atoms with E-state index in [0.717, 1.165) is 17.2 Å². The summed E-state index contributed by atoms with van der Waals surface area (Å²) >= 11 is 1.34. The third-order valence-electron chi connectivity index (χ3n) is 3.85. The van der Waals surface area contributed by atoms with Crippen molar-refractivity contribution >= 4 is 28.7 Å². The average molecular weight is 431 g/mol. The minimum atomic E-state index is -1.00. The fraction of sp³-hybridized carbons (Fsp3) is 0.190. The lowest BCUT2D eigenvalue weighted by Gasteiger charge is -2.07. The van der Waals surface area contributed by atoms with E-state index in [9.17, 15) is 13.6 Å². The Labute approximate surface area is 176 Å². The zero-order valence-corrected chi connectivity index (χ0v) is 16.9. The number of nitrogens with zero attached hydrogens (tertiary/aromatic N) is 2. The number of esters is 1. The Bertz CT molecular complexity index is 1020. The summed E-state index contributed by atoms with van der Waals surface area (Å²) in [4.78, 5) is 15.7. The Balaban J connectivity index is 1.49. The number of halogens is 2. The largest absolute Gasteiger partial charge is 0.486 e. The smallest absolute Gasteiger partial charge is 0.311 e. The molecule has 0 aliphatic heterocycles. The standard InChI is InChI=1S/C21H19F2N3O3S/c1-2-28-19(27)10-16-13-30-21(25-16)26-24-11-14-6-8-15(9-7-14)12-29-18-5-3-4-17(22)20(18)23/h3-9,11,13H,2,10,12H2,1H3,(H,25,26). The minimum absolute atomic E-state index is 0.110. The van der Waals surface area contributed by atoms with Crippen LogP contribution in [0.4, 0.5) is 13.9 Å². The van der Waals surface area contributed by atoms with Gasteiger partial charge >= 0.3 is 5.97 Å². The lowest BCUT2D eigenvalue weighted by Crippen LogP contribution is -2.07. The van der Waals surface area contributed by atoms with E-state index in [1.165, 1.54) is 23.5 Å². The molecule has 0 saturated heterocycles. The number of anilines is 1. The number of rotatable bonds is 9. The van der Waals surface area contributed by atoms with E-state index in [2.05, 4.69) is 15.5 Å². The van der Waals surface area contributed by atoms with Crippen molar-refractivity contribution in [1.29, 1.82) is 0 Å². The van der Waals surface area contributed by atoms with E-state index in [1.807, 2.05) is 12.1 Å². The number of hydrogen-bond acceptors (Lipinski definition) is 7.